The number of nitrogens with zero attached hydrogens (tertiary/aromatic N) is 5. The van der Waals surface area contributed by atoms with E-state index in [1.807, 2.05) is 6.07 Å². The maximum absolute atomic E-state index is 13.3. The molecule has 6 nitrogen and oxygen atoms in total. The van der Waals surface area contributed by atoms with Crippen LogP contribution in [0.5, 0.6) is 0 Å². The van der Waals surface area contributed by atoms with Gasteiger partial charge < -0.3 is 0 Å². The number of rotatable bonds is 2. The fraction of sp³-hybridized carbons (Fsp3) is 0.400. The lowest BCUT2D eigenvalue weighted by Gasteiger charge is -2.39. The van der Waals surface area contributed by atoms with Gasteiger partial charge in [0.05, 0.1) is 35.9 Å². The summed E-state index contributed by atoms with van der Waals surface area (Å²) in [5, 5.41) is 8.97. The van der Waals surface area contributed by atoms with E-state index in [-0.39, 0.29) is 11.7 Å². The van der Waals surface area contributed by atoms with Crippen LogP contribution in [0.3, 0.4) is 0 Å². The Labute approximate surface area is 165 Å². The van der Waals surface area contributed by atoms with Crippen molar-refractivity contribution in [1.29, 1.82) is 5.26 Å². The first-order chi connectivity index (χ1) is 13.8. The van der Waals surface area contributed by atoms with Crippen LogP contribution in [0, 0.1) is 11.3 Å². The van der Waals surface area contributed by atoms with Crippen molar-refractivity contribution in [2.24, 2.45) is 0 Å². The van der Waals surface area contributed by atoms with Gasteiger partial charge in [-0.1, -0.05) is 19.3 Å². The third-order valence-electron chi connectivity index (χ3n) is 5.60. The Morgan fingerprint density at radius 2 is 1.69 bits per heavy atom. The Morgan fingerprint density at radius 3 is 2.24 bits per heavy atom. The van der Waals surface area contributed by atoms with Gasteiger partial charge in [-0.05, 0) is 37.1 Å². The Bertz CT molecular complexity index is 944. The molecule has 1 saturated heterocycles. The van der Waals surface area contributed by atoms with Crippen molar-refractivity contribution in [3.05, 3.63) is 48.0 Å². The molecular weight excluding hydrogens is 383 g/mol. The van der Waals surface area contributed by atoms with Crippen LogP contribution in [-0.4, -0.2) is 28.1 Å². The van der Waals surface area contributed by atoms with Crippen molar-refractivity contribution in [3.8, 4) is 6.07 Å². The molecule has 29 heavy (non-hydrogen) atoms. The van der Waals surface area contributed by atoms with Crippen LogP contribution in [0.25, 0.3) is 0 Å². The van der Waals surface area contributed by atoms with Gasteiger partial charge >= 0.3 is 12.2 Å². The number of amides is 2. The molecule has 3 heterocycles. The van der Waals surface area contributed by atoms with E-state index in [1.165, 1.54) is 17.2 Å². The van der Waals surface area contributed by atoms with Crippen molar-refractivity contribution in [2.75, 3.05) is 16.3 Å². The zero-order valence-corrected chi connectivity index (χ0v) is 15.5. The molecule has 0 atom stereocenters. The Balaban J connectivity index is 1.70. The van der Waals surface area contributed by atoms with E-state index in [0.717, 1.165) is 44.4 Å². The number of hydrogen-bond donors (Lipinski definition) is 0. The number of aromatic nitrogens is 2. The van der Waals surface area contributed by atoms with Gasteiger partial charge in [0.1, 0.15) is 17.5 Å². The second-order valence-electron chi connectivity index (χ2n) is 7.40. The summed E-state index contributed by atoms with van der Waals surface area (Å²) in [5.41, 5.74) is -0.279. The highest BCUT2D eigenvalue weighted by molar-refractivity contribution is 6.07. The normalized spacial score (nSPS) is 18.9. The lowest BCUT2D eigenvalue weighted by atomic mass is 9.81. The fourth-order valence-electron chi connectivity index (χ4n) is 4.23. The van der Waals surface area contributed by atoms with Crippen molar-refractivity contribution in [2.45, 2.75) is 43.8 Å². The zero-order valence-electron chi connectivity index (χ0n) is 15.5. The number of hydrogen-bond acceptors (Lipinski definition) is 4. The van der Waals surface area contributed by atoms with Crippen LogP contribution in [0.15, 0.2) is 36.7 Å². The maximum atomic E-state index is 13.3. The molecule has 9 heteroatoms. The molecule has 2 aromatic rings. The molecule has 0 unspecified atom stereocenters. The predicted molar refractivity (Wildman–Crippen MR) is 99.2 cm³/mol. The van der Waals surface area contributed by atoms with E-state index in [9.17, 15) is 18.0 Å². The molecule has 1 spiro atoms. The van der Waals surface area contributed by atoms with Gasteiger partial charge in [-0.3, -0.25) is 9.80 Å². The van der Waals surface area contributed by atoms with Gasteiger partial charge in [0.15, 0.2) is 0 Å². The lowest BCUT2D eigenvalue weighted by molar-refractivity contribution is -0.141. The van der Waals surface area contributed by atoms with Gasteiger partial charge in [0, 0.05) is 0 Å². The summed E-state index contributed by atoms with van der Waals surface area (Å²) in [6.07, 6.45) is 2.67. The molecule has 0 bridgehead atoms. The highest BCUT2D eigenvalue weighted by atomic mass is 19.4. The summed E-state index contributed by atoms with van der Waals surface area (Å²) in [6, 6.07) is 7.05. The molecule has 0 N–H and O–H groups in total. The quantitative estimate of drug-likeness (QED) is 0.742. The summed E-state index contributed by atoms with van der Waals surface area (Å²) in [5.74, 6) is 0. The topological polar surface area (TPSA) is 73.1 Å². The van der Waals surface area contributed by atoms with E-state index in [4.69, 9.17) is 5.26 Å². The third-order valence-corrected chi connectivity index (χ3v) is 5.60. The summed E-state index contributed by atoms with van der Waals surface area (Å²) in [7, 11) is 0. The number of urea groups is 1. The van der Waals surface area contributed by atoms with Crippen molar-refractivity contribution in [1.82, 2.24) is 9.97 Å². The molecule has 0 radical (unpaired) electrons. The molecule has 0 aromatic carbocycles. The van der Waals surface area contributed by atoms with Crippen molar-refractivity contribution >= 4 is 17.4 Å². The van der Waals surface area contributed by atoms with Crippen molar-refractivity contribution in [3.63, 3.8) is 0 Å². The number of anilines is 2. The van der Waals surface area contributed by atoms with Gasteiger partial charge in [0.2, 0.25) is 0 Å². The number of alkyl halides is 3. The van der Waals surface area contributed by atoms with E-state index in [0.29, 0.717) is 17.9 Å². The maximum Gasteiger partial charge on any atom is 0.433 e. The number of carbonyl (C=O) groups is 1. The van der Waals surface area contributed by atoms with Gasteiger partial charge in [0.25, 0.3) is 0 Å². The van der Waals surface area contributed by atoms with Crippen LogP contribution in [0.1, 0.15) is 43.5 Å². The molecule has 2 amide bonds. The number of carbonyl (C=O) groups excluding carboxylic acids is 1. The summed E-state index contributed by atoms with van der Waals surface area (Å²) >= 11 is 0. The highest BCUT2D eigenvalue weighted by Gasteiger charge is 2.51. The number of pyridine rings is 2. The monoisotopic (exact) mass is 401 g/mol. The molecule has 1 aliphatic heterocycles. The fourth-order valence-corrected chi connectivity index (χ4v) is 4.23. The van der Waals surface area contributed by atoms with Gasteiger partial charge in [-0.15, -0.1) is 0 Å². The summed E-state index contributed by atoms with van der Waals surface area (Å²) in [6.45, 7) is 0.374. The second kappa shape index (κ2) is 7.03. The summed E-state index contributed by atoms with van der Waals surface area (Å²) in [4.78, 5) is 24.1. The third kappa shape index (κ3) is 3.39. The largest absolute Gasteiger partial charge is 0.433 e. The Hall–Kier alpha value is -3.15. The Morgan fingerprint density at radius 1 is 1.00 bits per heavy atom. The molecule has 150 valence electrons. The average molecular weight is 401 g/mol. The van der Waals surface area contributed by atoms with Crippen LogP contribution < -0.4 is 9.80 Å². The van der Waals surface area contributed by atoms with Crippen LogP contribution in [-0.2, 0) is 6.18 Å². The first-order valence-electron chi connectivity index (χ1n) is 9.35. The minimum atomic E-state index is -4.53. The first kappa shape index (κ1) is 19.2. The molecule has 1 saturated carbocycles. The lowest BCUT2D eigenvalue weighted by Crippen LogP contribution is -2.48. The SMILES string of the molecule is N#Cc1ccc(N2C(=O)N(c3ccc(C(F)(F)F)nc3)CC23CCCCC3)cn1. The van der Waals surface area contributed by atoms with E-state index in [2.05, 4.69) is 9.97 Å². The minimum absolute atomic E-state index is 0.252. The van der Waals surface area contributed by atoms with E-state index < -0.39 is 17.4 Å². The van der Waals surface area contributed by atoms with Crippen LogP contribution in [0.2, 0.25) is 0 Å². The second-order valence-corrected chi connectivity index (χ2v) is 7.40. The Kier molecular flexibility index (Phi) is 4.65. The smallest absolute Gasteiger partial charge is 0.290 e. The average Bonchev–Trinajstić information content (AvgIpc) is 2.99. The molecule has 2 aromatic heterocycles. The minimum Gasteiger partial charge on any atom is -0.290 e. The standard InChI is InChI=1S/C20H18F3N5O/c21-20(22,23)17-7-6-15(11-26-17)27-13-19(8-2-1-3-9-19)28(18(27)29)16-5-4-14(10-24)25-12-16/h4-7,11-12H,1-3,8-9,13H2. The zero-order chi connectivity index (χ0) is 20.6. The molecule has 1 aliphatic carbocycles. The predicted octanol–water partition coefficient (Wildman–Crippen LogP) is 4.52. The molecule has 2 fully saturated rings. The highest BCUT2D eigenvalue weighted by Crippen LogP contribution is 2.43. The first-order valence-corrected chi connectivity index (χ1v) is 9.35. The molecule has 2 aliphatic rings. The molecule has 4 rings (SSSR count). The van der Waals surface area contributed by atoms with E-state index >= 15 is 0 Å². The molecular formula is C20H18F3N5O. The summed E-state index contributed by atoms with van der Waals surface area (Å²) < 4.78 is 38.5. The number of nitriles is 1. The van der Waals surface area contributed by atoms with Gasteiger partial charge in [-0.25, -0.2) is 14.8 Å². The number of halogens is 3. The van der Waals surface area contributed by atoms with E-state index in [1.54, 1.807) is 17.0 Å². The van der Waals surface area contributed by atoms with Crippen molar-refractivity contribution < 1.29 is 18.0 Å². The van der Waals surface area contributed by atoms with Crippen LogP contribution >= 0.6 is 0 Å². The van der Waals surface area contributed by atoms with Crippen LogP contribution in [0.4, 0.5) is 29.3 Å². The van der Waals surface area contributed by atoms with Gasteiger partial charge in [-0.2, -0.15) is 18.4 Å².